The highest BCUT2D eigenvalue weighted by Gasteiger charge is 2.45. The number of rotatable bonds is 10. The summed E-state index contributed by atoms with van der Waals surface area (Å²) in [7, 11) is 0. The molecule has 0 saturated heterocycles. The quantitative estimate of drug-likeness (QED) is 0.201. The second-order valence-corrected chi connectivity index (χ2v) is 14.2. The third-order valence-electron chi connectivity index (χ3n) is 9.08. The van der Waals surface area contributed by atoms with Crippen LogP contribution in [-0.4, -0.2) is 28.6 Å². The van der Waals surface area contributed by atoms with Crippen molar-refractivity contribution in [2.75, 3.05) is 0 Å². The zero-order valence-electron chi connectivity index (χ0n) is 28.6. The summed E-state index contributed by atoms with van der Waals surface area (Å²) in [4.78, 5) is 36.5. The first-order valence-electron chi connectivity index (χ1n) is 15.8. The van der Waals surface area contributed by atoms with E-state index in [2.05, 4.69) is 96.2 Å². The molecule has 4 nitrogen and oxygen atoms in total. The molecular weight excluding hydrogens is 544 g/mol. The van der Waals surface area contributed by atoms with E-state index < -0.39 is 6.10 Å². The molecule has 0 aromatic heterocycles. The SMILES string of the molecule is CC(C=CC1C(C)C(=O)C(O)CC1(C)C)=C/C=C/C(C)=C/C=C/C=C(C)/C=C/C=C(\C)C=CC1C(C)C(=O)C(=O)CC1(C)C. The zero-order chi connectivity index (χ0) is 33.2. The Morgan fingerprint density at radius 1 is 0.636 bits per heavy atom. The van der Waals surface area contributed by atoms with Gasteiger partial charge in [0.1, 0.15) is 6.10 Å². The van der Waals surface area contributed by atoms with Gasteiger partial charge < -0.3 is 5.11 Å². The Balaban J connectivity index is 1.90. The molecule has 0 aromatic rings. The molecule has 5 atom stereocenters. The predicted octanol–water partition coefficient (Wildman–Crippen LogP) is 8.99. The fourth-order valence-corrected chi connectivity index (χ4v) is 6.31. The summed E-state index contributed by atoms with van der Waals surface area (Å²) in [6.45, 7) is 20.3. The lowest BCUT2D eigenvalue weighted by Gasteiger charge is -2.42. The number of carbonyl (C=O) groups is 3. The summed E-state index contributed by atoms with van der Waals surface area (Å²) in [5.74, 6) is -0.873. The molecule has 0 aliphatic heterocycles. The van der Waals surface area contributed by atoms with Crippen molar-refractivity contribution in [3.05, 3.63) is 107 Å². The number of allylic oxidation sites excluding steroid dienone is 18. The van der Waals surface area contributed by atoms with Crippen LogP contribution in [0.4, 0.5) is 0 Å². The highest BCUT2D eigenvalue weighted by Crippen LogP contribution is 2.44. The Labute approximate surface area is 266 Å². The second kappa shape index (κ2) is 16.1. The molecule has 238 valence electrons. The standard InChI is InChI=1S/C40H54O4/c1-27(17-13-19-29(3)21-23-33-31(5)37(43)35(41)25-39(33,7)8)15-11-12-16-28(2)18-14-20-30(4)22-24-34-32(6)38(44)36(42)26-40(34,9)10/h11-24,31-35,41H,25-26H2,1-10H3/b12-11+,17-13+,18-14+,23-21?,24-22?,27-15+,28-16+,29-19?,30-20+. The van der Waals surface area contributed by atoms with Gasteiger partial charge >= 0.3 is 0 Å². The summed E-state index contributed by atoms with van der Waals surface area (Å²) in [5, 5.41) is 10.1. The summed E-state index contributed by atoms with van der Waals surface area (Å²) < 4.78 is 0. The molecule has 2 aliphatic carbocycles. The van der Waals surface area contributed by atoms with Gasteiger partial charge in [-0.15, -0.1) is 0 Å². The fraction of sp³-hybridized carbons (Fsp3) is 0.475. The number of hydrogen-bond acceptors (Lipinski definition) is 4. The van der Waals surface area contributed by atoms with Crippen molar-refractivity contribution in [1.82, 2.24) is 0 Å². The van der Waals surface area contributed by atoms with Gasteiger partial charge in [-0.05, 0) is 56.8 Å². The minimum atomic E-state index is -0.849. The van der Waals surface area contributed by atoms with E-state index in [9.17, 15) is 19.5 Å². The molecule has 1 N–H and O–H groups in total. The Bertz CT molecular complexity index is 1350. The summed E-state index contributed by atoms with van der Waals surface area (Å²) in [6, 6.07) is 0. The van der Waals surface area contributed by atoms with E-state index in [4.69, 9.17) is 0 Å². The van der Waals surface area contributed by atoms with Crippen LogP contribution >= 0.6 is 0 Å². The second-order valence-electron chi connectivity index (χ2n) is 14.2. The van der Waals surface area contributed by atoms with Crippen LogP contribution in [0.25, 0.3) is 0 Å². The molecule has 4 heteroatoms. The van der Waals surface area contributed by atoms with Crippen LogP contribution in [0.2, 0.25) is 0 Å². The van der Waals surface area contributed by atoms with Crippen LogP contribution in [-0.2, 0) is 14.4 Å². The number of ketones is 3. The monoisotopic (exact) mass is 598 g/mol. The van der Waals surface area contributed by atoms with Crippen molar-refractivity contribution in [3.8, 4) is 0 Å². The van der Waals surface area contributed by atoms with Crippen molar-refractivity contribution in [1.29, 1.82) is 0 Å². The van der Waals surface area contributed by atoms with Crippen molar-refractivity contribution in [2.45, 2.75) is 88.2 Å². The highest BCUT2D eigenvalue weighted by atomic mass is 16.3. The summed E-state index contributed by atoms with van der Waals surface area (Å²) >= 11 is 0. The van der Waals surface area contributed by atoms with Crippen LogP contribution in [0.3, 0.4) is 0 Å². The lowest BCUT2D eigenvalue weighted by Crippen LogP contribution is -2.45. The molecule has 2 aliphatic rings. The van der Waals surface area contributed by atoms with Gasteiger partial charge in [0.2, 0.25) is 5.78 Å². The normalized spacial score (nSPS) is 29.4. The molecular formula is C40H54O4. The van der Waals surface area contributed by atoms with E-state index in [1.54, 1.807) is 0 Å². The molecule has 2 saturated carbocycles. The molecule has 0 spiro atoms. The van der Waals surface area contributed by atoms with Gasteiger partial charge in [-0.2, -0.15) is 0 Å². The van der Waals surface area contributed by atoms with Gasteiger partial charge in [-0.25, -0.2) is 0 Å². The average molecular weight is 599 g/mol. The Morgan fingerprint density at radius 3 is 1.52 bits per heavy atom. The van der Waals surface area contributed by atoms with Crippen molar-refractivity contribution in [2.24, 2.45) is 34.5 Å². The lowest BCUT2D eigenvalue weighted by atomic mass is 9.62. The van der Waals surface area contributed by atoms with Gasteiger partial charge in [0, 0.05) is 18.3 Å². The van der Waals surface area contributed by atoms with E-state index >= 15 is 0 Å². The molecule has 44 heavy (non-hydrogen) atoms. The Kier molecular flexibility index (Phi) is 13.5. The molecule has 5 unspecified atom stereocenters. The third-order valence-corrected chi connectivity index (χ3v) is 9.08. The first kappa shape index (κ1) is 36.8. The van der Waals surface area contributed by atoms with Crippen LogP contribution < -0.4 is 0 Å². The van der Waals surface area contributed by atoms with E-state index in [0.29, 0.717) is 12.8 Å². The van der Waals surface area contributed by atoms with E-state index in [-0.39, 0.29) is 51.9 Å². The van der Waals surface area contributed by atoms with Crippen LogP contribution in [0, 0.1) is 34.5 Å². The molecule has 0 heterocycles. The van der Waals surface area contributed by atoms with Gasteiger partial charge in [0.15, 0.2) is 11.6 Å². The summed E-state index contributed by atoms with van der Waals surface area (Å²) in [5.41, 5.74) is 4.10. The largest absolute Gasteiger partial charge is 0.385 e. The first-order valence-corrected chi connectivity index (χ1v) is 15.8. The number of carbonyl (C=O) groups excluding carboxylic acids is 3. The number of hydrogen-bond donors (Lipinski definition) is 1. The van der Waals surface area contributed by atoms with Gasteiger partial charge in [0.05, 0.1) is 0 Å². The maximum atomic E-state index is 12.3. The smallest absolute Gasteiger partial charge is 0.201 e. The van der Waals surface area contributed by atoms with E-state index in [1.165, 1.54) is 0 Å². The molecule has 0 bridgehead atoms. The van der Waals surface area contributed by atoms with E-state index in [1.807, 2.05) is 58.1 Å². The lowest BCUT2D eigenvalue weighted by molar-refractivity contribution is -0.145. The molecule has 0 amide bonds. The van der Waals surface area contributed by atoms with Crippen molar-refractivity contribution in [3.63, 3.8) is 0 Å². The number of Topliss-reactive ketones (excluding diaryl/α,β-unsaturated/α-hetero) is 3. The number of aliphatic hydroxyl groups is 1. The Hall–Kier alpha value is -3.37. The molecule has 2 rings (SSSR count). The fourth-order valence-electron chi connectivity index (χ4n) is 6.31. The van der Waals surface area contributed by atoms with Crippen LogP contribution in [0.1, 0.15) is 82.1 Å². The van der Waals surface area contributed by atoms with Crippen molar-refractivity contribution < 1.29 is 19.5 Å². The molecule has 0 radical (unpaired) electrons. The van der Waals surface area contributed by atoms with E-state index in [0.717, 1.165) is 22.3 Å². The van der Waals surface area contributed by atoms with Gasteiger partial charge in [-0.1, -0.05) is 149 Å². The third kappa shape index (κ3) is 10.7. The molecule has 2 fully saturated rings. The highest BCUT2D eigenvalue weighted by molar-refractivity contribution is 6.38. The van der Waals surface area contributed by atoms with Crippen LogP contribution in [0.5, 0.6) is 0 Å². The zero-order valence-corrected chi connectivity index (χ0v) is 28.6. The minimum absolute atomic E-state index is 0.0440. The summed E-state index contributed by atoms with van der Waals surface area (Å²) in [6.07, 6.45) is 28.8. The Morgan fingerprint density at radius 2 is 1.05 bits per heavy atom. The van der Waals surface area contributed by atoms with Gasteiger partial charge in [0.25, 0.3) is 0 Å². The van der Waals surface area contributed by atoms with Crippen molar-refractivity contribution >= 4 is 17.3 Å². The maximum absolute atomic E-state index is 12.3. The molecule has 0 aromatic carbocycles. The van der Waals surface area contributed by atoms with Gasteiger partial charge in [-0.3, -0.25) is 14.4 Å². The average Bonchev–Trinajstić information content (AvgIpc) is 2.92. The van der Waals surface area contributed by atoms with Crippen LogP contribution in [0.15, 0.2) is 107 Å². The minimum Gasteiger partial charge on any atom is -0.385 e. The first-order chi connectivity index (χ1) is 20.5. The topological polar surface area (TPSA) is 71.4 Å². The number of aliphatic hydroxyl groups excluding tert-OH is 1. The maximum Gasteiger partial charge on any atom is 0.201 e. The predicted molar refractivity (Wildman–Crippen MR) is 184 cm³/mol.